The predicted octanol–water partition coefficient (Wildman–Crippen LogP) is 0.417. The molecule has 0 rings (SSSR count). The number of carbonyl (C=O) groups is 1. The van der Waals surface area contributed by atoms with Gasteiger partial charge < -0.3 is 14.9 Å². The molecule has 0 spiro atoms. The Kier molecular flexibility index (Phi) is 2.83. The van der Waals surface area contributed by atoms with Gasteiger partial charge in [0.1, 0.15) is 0 Å². The Morgan fingerprint density at radius 1 is 1.55 bits per heavy atom. The maximum Gasteiger partial charge on any atom is 0.342 e. The maximum absolute atomic E-state index is 10.6. The molecule has 11 heavy (non-hydrogen) atoms. The molecule has 0 heterocycles. The van der Waals surface area contributed by atoms with E-state index in [9.17, 15) is 9.36 Å². The van der Waals surface area contributed by atoms with Crippen LogP contribution in [0.3, 0.4) is 0 Å². The third-order valence-electron chi connectivity index (χ3n) is 1.79. The highest BCUT2D eigenvalue weighted by Crippen LogP contribution is 2.52. The average molecular weight is 182 g/mol. The summed E-state index contributed by atoms with van der Waals surface area (Å²) in [4.78, 5) is 27.7. The second-order valence-corrected chi connectivity index (χ2v) is 4.55. The molecule has 0 aromatic rings. The molecule has 0 aromatic carbocycles. The van der Waals surface area contributed by atoms with E-state index in [1.807, 2.05) is 0 Å². The van der Waals surface area contributed by atoms with E-state index in [0.717, 1.165) is 6.92 Å². The largest absolute Gasteiger partial charge is 0.480 e. The third kappa shape index (κ3) is 1.80. The monoisotopic (exact) mass is 182 g/mol. The summed E-state index contributed by atoms with van der Waals surface area (Å²) in [6, 6.07) is 0. The minimum Gasteiger partial charge on any atom is -0.480 e. The maximum atomic E-state index is 10.6. The minimum absolute atomic E-state index is 0.0907. The third-order valence-corrected chi connectivity index (χ3v) is 3.59. The van der Waals surface area contributed by atoms with Gasteiger partial charge in [0.15, 0.2) is 5.16 Å². The fraction of sp³-hybridized carbons (Fsp3) is 0.800. The van der Waals surface area contributed by atoms with E-state index in [2.05, 4.69) is 0 Å². The van der Waals surface area contributed by atoms with Gasteiger partial charge >= 0.3 is 13.6 Å². The van der Waals surface area contributed by atoms with E-state index in [1.165, 1.54) is 6.92 Å². The summed E-state index contributed by atoms with van der Waals surface area (Å²) >= 11 is 0. The first-order valence-corrected chi connectivity index (χ1v) is 4.66. The van der Waals surface area contributed by atoms with Gasteiger partial charge in [-0.2, -0.15) is 0 Å². The van der Waals surface area contributed by atoms with Crippen LogP contribution in [0.5, 0.6) is 0 Å². The van der Waals surface area contributed by atoms with Crippen molar-refractivity contribution < 1.29 is 24.3 Å². The SMILES string of the molecule is CCC(C)(C(=O)O)P(=O)(O)O. The molecule has 0 radical (unpaired) electrons. The molecule has 0 aliphatic carbocycles. The standard InChI is InChI=1S/C5H11O5P/c1-3-5(2,4(6)7)11(8,9)10/h3H2,1-2H3,(H,6,7)(H2,8,9,10). The fourth-order valence-electron chi connectivity index (χ4n) is 0.482. The van der Waals surface area contributed by atoms with Crippen LogP contribution < -0.4 is 0 Å². The van der Waals surface area contributed by atoms with Crippen molar-refractivity contribution in [3.05, 3.63) is 0 Å². The quantitative estimate of drug-likeness (QED) is 0.549. The number of aliphatic carboxylic acids is 1. The molecule has 6 heteroatoms. The molecule has 0 aromatic heterocycles. The van der Waals surface area contributed by atoms with E-state index >= 15 is 0 Å². The average Bonchev–Trinajstić information content (AvgIpc) is 1.83. The van der Waals surface area contributed by atoms with E-state index in [0.29, 0.717) is 0 Å². The normalized spacial score (nSPS) is 17.5. The van der Waals surface area contributed by atoms with Gasteiger partial charge in [0.25, 0.3) is 0 Å². The van der Waals surface area contributed by atoms with Crippen LogP contribution >= 0.6 is 7.60 Å². The molecule has 66 valence electrons. The van der Waals surface area contributed by atoms with E-state index < -0.39 is 18.7 Å². The molecule has 0 amide bonds. The number of carboxylic acids is 1. The molecule has 0 saturated carbocycles. The Balaban J connectivity index is 4.92. The smallest absolute Gasteiger partial charge is 0.342 e. The van der Waals surface area contributed by atoms with Gasteiger partial charge in [-0.05, 0) is 13.3 Å². The summed E-state index contributed by atoms with van der Waals surface area (Å²) in [5.74, 6) is -1.46. The molecule has 0 aliphatic rings. The Bertz CT molecular complexity index is 207. The van der Waals surface area contributed by atoms with Crippen molar-refractivity contribution in [2.45, 2.75) is 25.4 Å². The molecule has 1 unspecified atom stereocenters. The first-order chi connectivity index (χ1) is 4.75. The summed E-state index contributed by atoms with van der Waals surface area (Å²) in [6.45, 7) is 2.46. The predicted molar refractivity (Wildman–Crippen MR) is 38.4 cm³/mol. The first kappa shape index (κ1) is 10.6. The second kappa shape index (κ2) is 2.93. The van der Waals surface area contributed by atoms with Gasteiger partial charge in [-0.15, -0.1) is 0 Å². The lowest BCUT2D eigenvalue weighted by molar-refractivity contribution is -0.140. The van der Waals surface area contributed by atoms with Crippen molar-refractivity contribution in [3.8, 4) is 0 Å². The van der Waals surface area contributed by atoms with Gasteiger partial charge in [0.2, 0.25) is 0 Å². The van der Waals surface area contributed by atoms with Gasteiger partial charge in [-0.25, -0.2) is 0 Å². The Hall–Kier alpha value is -0.380. The lowest BCUT2D eigenvalue weighted by atomic mass is 10.1. The highest BCUT2D eigenvalue weighted by Gasteiger charge is 2.47. The lowest BCUT2D eigenvalue weighted by Crippen LogP contribution is -2.34. The van der Waals surface area contributed by atoms with Crippen LogP contribution in [0.1, 0.15) is 20.3 Å². The zero-order valence-corrected chi connectivity index (χ0v) is 7.21. The first-order valence-electron chi connectivity index (χ1n) is 3.04. The van der Waals surface area contributed by atoms with Crippen LogP contribution in [0.4, 0.5) is 0 Å². The number of carboxylic acid groups (broad SMARTS) is 1. The summed E-state index contributed by atoms with van der Waals surface area (Å²) in [7, 11) is -4.54. The second-order valence-electron chi connectivity index (χ2n) is 2.48. The molecule has 0 fully saturated rings. The summed E-state index contributed by atoms with van der Waals surface area (Å²) < 4.78 is 10.6. The molecular weight excluding hydrogens is 171 g/mol. The van der Waals surface area contributed by atoms with Gasteiger partial charge in [0.05, 0.1) is 0 Å². The molecule has 0 aliphatic heterocycles. The van der Waals surface area contributed by atoms with Gasteiger partial charge in [0, 0.05) is 0 Å². The zero-order valence-electron chi connectivity index (χ0n) is 6.31. The molecule has 0 saturated heterocycles. The van der Waals surface area contributed by atoms with Crippen LogP contribution in [0, 0.1) is 0 Å². The van der Waals surface area contributed by atoms with E-state index in [1.54, 1.807) is 0 Å². The molecular formula is C5H11O5P. The molecule has 3 N–H and O–H groups in total. The Labute approximate surface area is 64.2 Å². The van der Waals surface area contributed by atoms with Gasteiger partial charge in [-0.1, -0.05) is 6.92 Å². The van der Waals surface area contributed by atoms with Crippen LogP contribution in [-0.4, -0.2) is 26.0 Å². The minimum atomic E-state index is -4.54. The highest BCUT2D eigenvalue weighted by molar-refractivity contribution is 7.54. The van der Waals surface area contributed by atoms with Crippen molar-refractivity contribution in [2.75, 3.05) is 0 Å². The van der Waals surface area contributed by atoms with Gasteiger partial charge in [-0.3, -0.25) is 9.36 Å². The van der Waals surface area contributed by atoms with Crippen molar-refractivity contribution in [1.82, 2.24) is 0 Å². The zero-order chi connectivity index (χ0) is 9.28. The lowest BCUT2D eigenvalue weighted by Gasteiger charge is -2.23. The van der Waals surface area contributed by atoms with Crippen molar-refractivity contribution in [3.63, 3.8) is 0 Å². The summed E-state index contributed by atoms with van der Waals surface area (Å²) in [5, 5.41) is 6.54. The molecule has 1 atom stereocenters. The molecule has 5 nitrogen and oxygen atoms in total. The van der Waals surface area contributed by atoms with Crippen LogP contribution in [0.15, 0.2) is 0 Å². The number of hydrogen-bond acceptors (Lipinski definition) is 2. The van der Waals surface area contributed by atoms with Crippen molar-refractivity contribution >= 4 is 13.6 Å². The van der Waals surface area contributed by atoms with E-state index in [4.69, 9.17) is 14.9 Å². The number of hydrogen-bond donors (Lipinski definition) is 3. The number of rotatable bonds is 3. The fourth-order valence-corrected chi connectivity index (χ4v) is 1.14. The highest BCUT2D eigenvalue weighted by atomic mass is 31.2. The van der Waals surface area contributed by atoms with Crippen LogP contribution in [0.25, 0.3) is 0 Å². The molecule has 0 bridgehead atoms. The summed E-state index contributed by atoms with van der Waals surface area (Å²) in [6.07, 6.45) is -0.0907. The Morgan fingerprint density at radius 2 is 1.91 bits per heavy atom. The Morgan fingerprint density at radius 3 is 1.91 bits per heavy atom. The van der Waals surface area contributed by atoms with Crippen molar-refractivity contribution in [2.24, 2.45) is 0 Å². The van der Waals surface area contributed by atoms with Crippen LogP contribution in [0.2, 0.25) is 0 Å². The summed E-state index contributed by atoms with van der Waals surface area (Å²) in [5.41, 5.74) is 0. The topological polar surface area (TPSA) is 94.8 Å². The van der Waals surface area contributed by atoms with Crippen LogP contribution in [-0.2, 0) is 9.36 Å². The van der Waals surface area contributed by atoms with Crippen molar-refractivity contribution in [1.29, 1.82) is 0 Å². The van der Waals surface area contributed by atoms with E-state index in [-0.39, 0.29) is 6.42 Å².